The lowest BCUT2D eigenvalue weighted by Crippen LogP contribution is -1.99. The predicted molar refractivity (Wildman–Crippen MR) is 66.4 cm³/mol. The van der Waals surface area contributed by atoms with Gasteiger partial charge < -0.3 is 13.5 Å². The summed E-state index contributed by atoms with van der Waals surface area (Å²) in [5.41, 5.74) is 1.05. The van der Waals surface area contributed by atoms with Crippen LogP contribution in [0.2, 0.25) is 0 Å². The normalized spacial score (nSPS) is 12.1. The first kappa shape index (κ1) is 13.2. The summed E-state index contributed by atoms with van der Waals surface area (Å²) in [4.78, 5) is 8.20. The van der Waals surface area contributed by atoms with Gasteiger partial charge >= 0.3 is 7.60 Å². The topological polar surface area (TPSA) is 74.5 Å². The highest BCUT2D eigenvalue weighted by Gasteiger charge is 2.27. The summed E-state index contributed by atoms with van der Waals surface area (Å²) in [5.74, 6) is 0.314. The molecular formula is C11H15N2O4P. The van der Waals surface area contributed by atoms with Crippen molar-refractivity contribution in [1.29, 1.82) is 0 Å². The fourth-order valence-electron chi connectivity index (χ4n) is 1.57. The van der Waals surface area contributed by atoms with E-state index in [0.29, 0.717) is 30.3 Å². The summed E-state index contributed by atoms with van der Waals surface area (Å²) in [6, 6.07) is 3.51. The number of aromatic nitrogens is 2. The summed E-state index contributed by atoms with van der Waals surface area (Å²) >= 11 is 0. The lowest BCUT2D eigenvalue weighted by atomic mass is 10.5. The molecule has 0 spiro atoms. The highest BCUT2D eigenvalue weighted by Crippen LogP contribution is 2.51. The van der Waals surface area contributed by atoms with E-state index in [1.165, 1.54) is 0 Å². The van der Waals surface area contributed by atoms with Crippen LogP contribution in [-0.4, -0.2) is 23.2 Å². The molecule has 0 radical (unpaired) electrons. The first-order chi connectivity index (χ1) is 8.67. The van der Waals surface area contributed by atoms with Crippen molar-refractivity contribution in [2.24, 2.45) is 0 Å². The zero-order valence-corrected chi connectivity index (χ0v) is 11.2. The van der Waals surface area contributed by atoms with Crippen molar-refractivity contribution in [1.82, 2.24) is 9.97 Å². The molecule has 0 bridgehead atoms. The standard InChI is InChI=1S/C11H15N2O4P/c1-3-15-18(14,16-4-2)8-10-13-11-9(17-10)6-5-7-12-11/h5-7H,3-4,8H2,1-2H3. The van der Waals surface area contributed by atoms with Crippen molar-refractivity contribution in [3.05, 3.63) is 24.2 Å². The molecule has 0 saturated carbocycles. The summed E-state index contributed by atoms with van der Waals surface area (Å²) in [6.07, 6.45) is 1.64. The molecule has 0 fully saturated rings. The fraction of sp³-hybridized carbons (Fsp3) is 0.455. The van der Waals surface area contributed by atoms with E-state index in [0.717, 1.165) is 0 Å². The molecular weight excluding hydrogens is 255 g/mol. The van der Waals surface area contributed by atoms with E-state index in [-0.39, 0.29) is 6.16 Å². The van der Waals surface area contributed by atoms with Crippen molar-refractivity contribution >= 4 is 18.8 Å². The molecule has 0 aliphatic heterocycles. The number of hydrogen-bond acceptors (Lipinski definition) is 6. The third-order valence-electron chi connectivity index (χ3n) is 2.19. The summed E-state index contributed by atoms with van der Waals surface area (Å²) in [5, 5.41) is 0. The molecule has 0 unspecified atom stereocenters. The van der Waals surface area contributed by atoms with Gasteiger partial charge in [0.2, 0.25) is 5.89 Å². The number of fused-ring (bicyclic) bond motifs is 1. The molecule has 2 rings (SSSR count). The molecule has 6 nitrogen and oxygen atoms in total. The van der Waals surface area contributed by atoms with E-state index in [9.17, 15) is 4.57 Å². The molecule has 0 aromatic carbocycles. The fourth-order valence-corrected chi connectivity index (χ4v) is 3.08. The average molecular weight is 270 g/mol. The number of hydrogen-bond donors (Lipinski definition) is 0. The number of nitrogens with zero attached hydrogens (tertiary/aromatic N) is 2. The minimum Gasteiger partial charge on any atom is -0.438 e. The Bertz CT molecular complexity index is 526. The highest BCUT2D eigenvalue weighted by molar-refractivity contribution is 7.52. The largest absolute Gasteiger partial charge is 0.438 e. The molecule has 0 saturated heterocycles. The van der Waals surface area contributed by atoms with Crippen LogP contribution in [-0.2, 0) is 19.8 Å². The monoisotopic (exact) mass is 270 g/mol. The van der Waals surface area contributed by atoms with Crippen molar-refractivity contribution < 1.29 is 18.0 Å². The van der Waals surface area contributed by atoms with Crippen LogP contribution in [0.15, 0.2) is 22.7 Å². The lowest BCUT2D eigenvalue weighted by Gasteiger charge is -2.14. The van der Waals surface area contributed by atoms with Crippen molar-refractivity contribution in [3.63, 3.8) is 0 Å². The summed E-state index contributed by atoms with van der Waals surface area (Å²) in [7, 11) is -3.18. The van der Waals surface area contributed by atoms with E-state index in [1.807, 2.05) is 0 Å². The van der Waals surface area contributed by atoms with Crippen LogP contribution >= 0.6 is 7.60 Å². The number of pyridine rings is 1. The van der Waals surface area contributed by atoms with Gasteiger partial charge in [0.05, 0.1) is 13.2 Å². The Kier molecular flexibility index (Phi) is 4.11. The van der Waals surface area contributed by atoms with Gasteiger partial charge in [-0.05, 0) is 26.0 Å². The molecule has 0 N–H and O–H groups in total. The van der Waals surface area contributed by atoms with Gasteiger partial charge in [-0.3, -0.25) is 4.57 Å². The van der Waals surface area contributed by atoms with Crippen LogP contribution in [0.25, 0.3) is 11.2 Å². The van der Waals surface area contributed by atoms with Gasteiger partial charge in [0.15, 0.2) is 11.2 Å². The Balaban J connectivity index is 2.23. The van der Waals surface area contributed by atoms with Crippen molar-refractivity contribution in [2.75, 3.05) is 13.2 Å². The molecule has 0 atom stereocenters. The molecule has 0 amide bonds. The van der Waals surface area contributed by atoms with E-state index in [1.54, 1.807) is 32.2 Å². The van der Waals surface area contributed by atoms with Gasteiger partial charge in [-0.1, -0.05) is 0 Å². The number of oxazole rings is 1. The second kappa shape index (κ2) is 5.61. The van der Waals surface area contributed by atoms with Gasteiger partial charge in [0.25, 0.3) is 0 Å². The second-order valence-electron chi connectivity index (χ2n) is 3.54. The van der Waals surface area contributed by atoms with Gasteiger partial charge in [-0.15, -0.1) is 0 Å². The second-order valence-corrected chi connectivity index (χ2v) is 5.59. The average Bonchev–Trinajstić information content (AvgIpc) is 2.70. The van der Waals surface area contributed by atoms with Crippen molar-refractivity contribution in [2.45, 2.75) is 20.0 Å². The molecule has 18 heavy (non-hydrogen) atoms. The maximum Gasteiger partial charge on any atom is 0.339 e. The predicted octanol–water partition coefficient (Wildman–Crippen LogP) is 2.99. The van der Waals surface area contributed by atoms with Crippen LogP contribution in [0.4, 0.5) is 0 Å². The molecule has 2 aromatic rings. The SMILES string of the molecule is CCOP(=O)(Cc1nc2ncccc2o1)OCC. The van der Waals surface area contributed by atoms with Gasteiger partial charge in [0.1, 0.15) is 6.16 Å². The Morgan fingerprint density at radius 3 is 2.67 bits per heavy atom. The highest BCUT2D eigenvalue weighted by atomic mass is 31.2. The Labute approximate surface area is 105 Å². The van der Waals surface area contributed by atoms with Gasteiger partial charge in [-0.2, -0.15) is 4.98 Å². The van der Waals surface area contributed by atoms with Gasteiger partial charge in [0, 0.05) is 6.20 Å². The smallest absolute Gasteiger partial charge is 0.339 e. The van der Waals surface area contributed by atoms with Crippen molar-refractivity contribution in [3.8, 4) is 0 Å². The van der Waals surface area contributed by atoms with E-state index in [2.05, 4.69) is 9.97 Å². The van der Waals surface area contributed by atoms with E-state index >= 15 is 0 Å². The van der Waals surface area contributed by atoms with E-state index < -0.39 is 7.60 Å². The number of rotatable bonds is 6. The molecule has 98 valence electrons. The Morgan fingerprint density at radius 1 is 1.33 bits per heavy atom. The Hall–Kier alpha value is -1.23. The van der Waals surface area contributed by atoms with Crippen LogP contribution in [0.1, 0.15) is 19.7 Å². The molecule has 2 heterocycles. The van der Waals surface area contributed by atoms with Crippen LogP contribution < -0.4 is 0 Å². The minimum atomic E-state index is -3.18. The molecule has 0 aliphatic rings. The maximum atomic E-state index is 12.3. The quantitative estimate of drug-likeness (QED) is 0.751. The third kappa shape index (κ3) is 2.96. The van der Waals surface area contributed by atoms with Crippen LogP contribution in [0.3, 0.4) is 0 Å². The molecule has 7 heteroatoms. The van der Waals surface area contributed by atoms with Crippen LogP contribution in [0.5, 0.6) is 0 Å². The van der Waals surface area contributed by atoms with Gasteiger partial charge in [-0.25, -0.2) is 4.98 Å². The van der Waals surface area contributed by atoms with Crippen LogP contribution in [0, 0.1) is 0 Å². The lowest BCUT2D eigenvalue weighted by molar-refractivity contribution is 0.217. The summed E-state index contributed by atoms with van der Waals surface area (Å²) in [6.45, 7) is 4.16. The third-order valence-corrected chi connectivity index (χ3v) is 4.15. The first-order valence-corrected chi connectivity index (χ1v) is 7.48. The molecule has 0 aliphatic carbocycles. The summed E-state index contributed by atoms with van der Waals surface area (Å²) < 4.78 is 28.1. The maximum absolute atomic E-state index is 12.3. The zero-order chi connectivity index (χ0) is 13.0. The first-order valence-electron chi connectivity index (χ1n) is 5.75. The minimum absolute atomic E-state index is 0.0189. The van der Waals surface area contributed by atoms with E-state index in [4.69, 9.17) is 13.5 Å². The molecule has 2 aromatic heterocycles. The Morgan fingerprint density at radius 2 is 2.06 bits per heavy atom. The zero-order valence-electron chi connectivity index (χ0n) is 10.3.